The first-order valence-electron chi connectivity index (χ1n) is 8.22. The zero-order valence-corrected chi connectivity index (χ0v) is 16.3. The molecule has 9 heteroatoms. The van der Waals surface area contributed by atoms with Crippen LogP contribution in [-0.4, -0.2) is 47.9 Å². The Morgan fingerprint density at radius 3 is 2.77 bits per heavy atom. The molecule has 4 heterocycles. The molecule has 4 aliphatic heterocycles. The maximum Gasteiger partial charge on any atom is 0.263 e. The molecule has 2 unspecified atom stereocenters. The number of fused-ring (bicyclic) bond motifs is 2. The summed E-state index contributed by atoms with van der Waals surface area (Å²) in [6, 6.07) is 3.68. The van der Waals surface area contributed by atoms with Crippen molar-refractivity contribution in [3.05, 3.63) is 39.0 Å². The Bertz CT molecular complexity index is 830. The van der Waals surface area contributed by atoms with E-state index in [4.69, 9.17) is 21.7 Å². The number of hydrogen-bond donors (Lipinski definition) is 3. The number of halogens is 2. The van der Waals surface area contributed by atoms with Crippen LogP contribution >= 0.6 is 27.5 Å². The highest BCUT2D eigenvalue weighted by molar-refractivity contribution is 9.10. The highest BCUT2D eigenvalue weighted by atomic mass is 79.9. The second kappa shape index (κ2) is 6.68. The van der Waals surface area contributed by atoms with E-state index in [0.29, 0.717) is 29.8 Å². The van der Waals surface area contributed by atoms with Gasteiger partial charge in [-0.05, 0) is 24.6 Å². The summed E-state index contributed by atoms with van der Waals surface area (Å²) in [7, 11) is 0. The molecule has 1 amide bonds. The number of guanidine groups is 1. The van der Waals surface area contributed by atoms with E-state index in [1.807, 2.05) is 17.9 Å². The van der Waals surface area contributed by atoms with Gasteiger partial charge in [-0.1, -0.05) is 27.5 Å². The summed E-state index contributed by atoms with van der Waals surface area (Å²) in [6.45, 7) is 3.28. The van der Waals surface area contributed by atoms with Gasteiger partial charge in [-0.3, -0.25) is 15.5 Å². The lowest BCUT2D eigenvalue weighted by Gasteiger charge is -2.48. The van der Waals surface area contributed by atoms with Crippen LogP contribution in [-0.2, 0) is 9.53 Å². The predicted molar refractivity (Wildman–Crippen MR) is 104 cm³/mol. The number of nitrogens with zero attached hydrogens (tertiary/aromatic N) is 2. The minimum Gasteiger partial charge on any atom is -0.371 e. The Hall–Kier alpha value is -1.90. The molecule has 4 aliphatic rings. The fourth-order valence-corrected chi connectivity index (χ4v) is 4.34. The van der Waals surface area contributed by atoms with Gasteiger partial charge in [0.1, 0.15) is 0 Å². The molecule has 0 aliphatic carbocycles. The van der Waals surface area contributed by atoms with E-state index in [-0.39, 0.29) is 29.5 Å². The first-order chi connectivity index (χ1) is 12.4. The third-order valence-electron chi connectivity index (χ3n) is 4.61. The van der Waals surface area contributed by atoms with Gasteiger partial charge in [0.05, 0.1) is 28.5 Å². The number of morpholine rings is 1. The van der Waals surface area contributed by atoms with Gasteiger partial charge in [-0.15, -0.1) is 0 Å². The number of rotatable bonds is 2. The SMILES string of the molecule is Cc1cc(Br)cc(Cl)c1N/C=C1\C(=N)N=C(N2CC3CC(C2)O3)NC1=O. The Balaban J connectivity index is 1.52. The van der Waals surface area contributed by atoms with Gasteiger partial charge in [0.2, 0.25) is 5.96 Å². The van der Waals surface area contributed by atoms with E-state index < -0.39 is 0 Å². The van der Waals surface area contributed by atoms with Crippen molar-refractivity contribution >= 4 is 50.9 Å². The number of benzene rings is 1. The van der Waals surface area contributed by atoms with Crippen LogP contribution in [0.3, 0.4) is 0 Å². The maximum absolute atomic E-state index is 12.5. The zero-order chi connectivity index (χ0) is 18.4. The first-order valence-corrected chi connectivity index (χ1v) is 9.39. The highest BCUT2D eigenvalue weighted by Gasteiger charge is 2.40. The number of carbonyl (C=O) groups excluding carboxylic acids is 1. The molecule has 26 heavy (non-hydrogen) atoms. The van der Waals surface area contributed by atoms with Crippen molar-refractivity contribution in [2.75, 3.05) is 18.4 Å². The van der Waals surface area contributed by atoms with Crippen molar-refractivity contribution in [2.24, 2.45) is 4.99 Å². The molecule has 3 saturated heterocycles. The average molecular weight is 439 g/mol. The van der Waals surface area contributed by atoms with Gasteiger partial charge in [-0.25, -0.2) is 0 Å². The minimum atomic E-state index is -0.362. The Labute approximate surface area is 164 Å². The number of piperidine rings is 1. The fourth-order valence-electron chi connectivity index (χ4n) is 3.31. The van der Waals surface area contributed by atoms with Crippen LogP contribution in [0.2, 0.25) is 5.02 Å². The average Bonchev–Trinajstić information content (AvgIpc) is 2.55. The normalized spacial score (nSPS) is 26.3. The molecule has 3 fully saturated rings. The number of nitrogens with one attached hydrogen (secondary N) is 3. The summed E-state index contributed by atoms with van der Waals surface area (Å²) in [5.41, 5.74) is 1.76. The van der Waals surface area contributed by atoms with Crippen LogP contribution in [0.4, 0.5) is 5.69 Å². The van der Waals surface area contributed by atoms with Crippen molar-refractivity contribution in [2.45, 2.75) is 25.6 Å². The topological polar surface area (TPSA) is 89.8 Å². The molecule has 1 aromatic rings. The molecule has 1 aromatic carbocycles. The third kappa shape index (κ3) is 3.24. The molecule has 0 spiro atoms. The number of hydrogen-bond acceptors (Lipinski definition) is 5. The highest BCUT2D eigenvalue weighted by Crippen LogP contribution is 2.30. The van der Waals surface area contributed by atoms with E-state index in [2.05, 4.69) is 31.6 Å². The fraction of sp³-hybridized carbons (Fsp3) is 0.353. The smallest absolute Gasteiger partial charge is 0.263 e. The number of ether oxygens (including phenoxy) is 1. The second-order valence-corrected chi connectivity index (χ2v) is 7.86. The standard InChI is InChI=1S/C17H17BrClN5O2/c1-8-2-9(18)3-13(19)14(8)21-5-12-15(20)22-17(23-16(12)25)24-6-10-4-11(7-24)26-10/h2-3,5,10-11,21H,4,6-7H2,1H3,(H2,20,22,23,25)/b12-5+. The second-order valence-electron chi connectivity index (χ2n) is 6.54. The summed E-state index contributed by atoms with van der Waals surface area (Å²) in [4.78, 5) is 18.7. The Kier molecular flexibility index (Phi) is 4.50. The van der Waals surface area contributed by atoms with E-state index >= 15 is 0 Å². The van der Waals surface area contributed by atoms with Crippen LogP contribution in [0.5, 0.6) is 0 Å². The van der Waals surface area contributed by atoms with Gasteiger partial charge >= 0.3 is 0 Å². The monoisotopic (exact) mass is 437 g/mol. The number of aliphatic imine (C=N–C) groups is 1. The van der Waals surface area contributed by atoms with Gasteiger partial charge in [0.15, 0.2) is 5.84 Å². The minimum absolute atomic E-state index is 0.0812. The largest absolute Gasteiger partial charge is 0.371 e. The van der Waals surface area contributed by atoms with Crippen molar-refractivity contribution in [1.29, 1.82) is 5.41 Å². The molecule has 3 N–H and O–H groups in total. The van der Waals surface area contributed by atoms with E-state index in [0.717, 1.165) is 16.5 Å². The summed E-state index contributed by atoms with van der Waals surface area (Å²) in [5.74, 6) is -0.0196. The zero-order valence-electron chi connectivity index (χ0n) is 14.0. The van der Waals surface area contributed by atoms with Gasteiger partial charge in [-0.2, -0.15) is 4.99 Å². The quantitative estimate of drug-likeness (QED) is 0.619. The van der Waals surface area contributed by atoms with Crippen molar-refractivity contribution < 1.29 is 9.53 Å². The van der Waals surface area contributed by atoms with Crippen molar-refractivity contribution in [3.63, 3.8) is 0 Å². The lowest BCUT2D eigenvalue weighted by molar-refractivity contribution is -0.168. The van der Waals surface area contributed by atoms with Crippen LogP contribution in [0.15, 0.2) is 33.4 Å². The summed E-state index contributed by atoms with van der Waals surface area (Å²) >= 11 is 9.63. The molecule has 0 saturated carbocycles. The molecule has 2 bridgehead atoms. The number of aryl methyl sites for hydroxylation is 1. The lowest BCUT2D eigenvalue weighted by Crippen LogP contribution is -2.62. The molecule has 0 radical (unpaired) electrons. The molecule has 136 valence electrons. The van der Waals surface area contributed by atoms with Crippen LogP contribution in [0.25, 0.3) is 0 Å². The van der Waals surface area contributed by atoms with Gasteiger partial charge < -0.3 is 15.0 Å². The van der Waals surface area contributed by atoms with Gasteiger partial charge in [0, 0.05) is 30.2 Å². The maximum atomic E-state index is 12.5. The van der Waals surface area contributed by atoms with E-state index in [1.165, 1.54) is 6.20 Å². The number of amides is 1. The van der Waals surface area contributed by atoms with Crippen LogP contribution in [0, 0.1) is 12.3 Å². The van der Waals surface area contributed by atoms with E-state index in [9.17, 15) is 4.79 Å². The summed E-state index contributed by atoms with van der Waals surface area (Å²) < 4.78 is 6.46. The van der Waals surface area contributed by atoms with Crippen LogP contribution in [0.1, 0.15) is 12.0 Å². The first kappa shape index (κ1) is 17.5. The van der Waals surface area contributed by atoms with Crippen molar-refractivity contribution in [1.82, 2.24) is 10.2 Å². The molecular weight excluding hydrogens is 422 g/mol. The number of anilines is 1. The van der Waals surface area contributed by atoms with Crippen LogP contribution < -0.4 is 10.6 Å². The Morgan fingerprint density at radius 2 is 2.15 bits per heavy atom. The third-order valence-corrected chi connectivity index (χ3v) is 5.37. The molecule has 0 aromatic heterocycles. The van der Waals surface area contributed by atoms with Crippen molar-refractivity contribution in [3.8, 4) is 0 Å². The molecular formula is C17H17BrClN5O2. The van der Waals surface area contributed by atoms with Gasteiger partial charge in [0.25, 0.3) is 5.91 Å². The summed E-state index contributed by atoms with van der Waals surface area (Å²) in [6.07, 6.45) is 2.92. The Morgan fingerprint density at radius 1 is 1.46 bits per heavy atom. The molecule has 2 atom stereocenters. The number of amidine groups is 1. The van der Waals surface area contributed by atoms with E-state index in [1.54, 1.807) is 6.07 Å². The summed E-state index contributed by atoms with van der Waals surface area (Å²) in [5, 5.41) is 14.5. The number of carbonyl (C=O) groups is 1. The predicted octanol–water partition coefficient (Wildman–Crippen LogP) is 2.64. The molecule has 7 nitrogen and oxygen atoms in total. The molecule has 5 rings (SSSR count). The lowest BCUT2D eigenvalue weighted by atomic mass is 9.99.